The van der Waals surface area contributed by atoms with E-state index >= 15 is 0 Å². The standard InChI is InChI=1S/C9H15NO4S/c1-3-7(12)4-15-5-8(9(13)14)10-6(2)11/h3,7-8,12H,1,4-5H2,2H3,(H,10,11)(H,13,14)/t7-,8+/m0/s1. The van der Waals surface area contributed by atoms with E-state index in [0.717, 1.165) is 0 Å². The lowest BCUT2D eigenvalue weighted by Crippen LogP contribution is -2.41. The number of hydrogen-bond donors (Lipinski definition) is 3. The van der Waals surface area contributed by atoms with Gasteiger partial charge in [-0.05, 0) is 0 Å². The lowest BCUT2D eigenvalue weighted by Gasteiger charge is -2.13. The fraction of sp³-hybridized carbons (Fsp3) is 0.556. The van der Waals surface area contributed by atoms with Crippen LogP contribution < -0.4 is 5.32 Å². The van der Waals surface area contributed by atoms with E-state index in [0.29, 0.717) is 5.75 Å². The molecule has 0 aromatic carbocycles. The molecule has 5 nitrogen and oxygen atoms in total. The predicted molar refractivity (Wildman–Crippen MR) is 58.8 cm³/mol. The van der Waals surface area contributed by atoms with Gasteiger partial charge in [-0.1, -0.05) is 6.08 Å². The fourth-order valence-corrected chi connectivity index (χ4v) is 1.77. The third kappa shape index (κ3) is 6.98. The molecule has 0 aliphatic rings. The van der Waals surface area contributed by atoms with Crippen molar-refractivity contribution in [3.63, 3.8) is 0 Å². The number of aliphatic carboxylic acids is 1. The molecule has 0 heterocycles. The van der Waals surface area contributed by atoms with Gasteiger partial charge in [-0.25, -0.2) is 4.79 Å². The Labute approximate surface area is 92.6 Å². The normalized spacial score (nSPS) is 14.0. The van der Waals surface area contributed by atoms with Gasteiger partial charge in [0.2, 0.25) is 5.91 Å². The monoisotopic (exact) mass is 233 g/mol. The molecule has 0 aromatic rings. The molecule has 0 aliphatic carbocycles. The maximum atomic E-state index is 10.7. The molecular weight excluding hydrogens is 218 g/mol. The Balaban J connectivity index is 3.91. The van der Waals surface area contributed by atoms with Crippen molar-refractivity contribution in [2.24, 2.45) is 0 Å². The second-order valence-electron chi connectivity index (χ2n) is 2.93. The van der Waals surface area contributed by atoms with Crippen molar-refractivity contribution in [3.05, 3.63) is 12.7 Å². The Kier molecular flexibility index (Phi) is 6.81. The molecule has 0 saturated carbocycles. The first-order valence-electron chi connectivity index (χ1n) is 4.35. The summed E-state index contributed by atoms with van der Waals surface area (Å²) >= 11 is 1.25. The van der Waals surface area contributed by atoms with Gasteiger partial charge in [0, 0.05) is 18.4 Å². The first-order valence-corrected chi connectivity index (χ1v) is 5.51. The summed E-state index contributed by atoms with van der Waals surface area (Å²) in [6, 6.07) is -0.912. The maximum absolute atomic E-state index is 10.7. The third-order valence-electron chi connectivity index (χ3n) is 1.52. The van der Waals surface area contributed by atoms with Gasteiger partial charge in [0.25, 0.3) is 0 Å². The Bertz CT molecular complexity index is 244. The molecule has 15 heavy (non-hydrogen) atoms. The van der Waals surface area contributed by atoms with E-state index in [1.807, 2.05) is 0 Å². The van der Waals surface area contributed by atoms with E-state index in [1.165, 1.54) is 24.8 Å². The van der Waals surface area contributed by atoms with Crippen LogP contribution in [0.3, 0.4) is 0 Å². The van der Waals surface area contributed by atoms with Crippen LogP contribution in [0.1, 0.15) is 6.92 Å². The minimum atomic E-state index is -1.08. The van der Waals surface area contributed by atoms with E-state index < -0.39 is 18.1 Å². The molecule has 0 bridgehead atoms. The lowest BCUT2D eigenvalue weighted by atomic mass is 10.3. The minimum Gasteiger partial charge on any atom is -0.480 e. The first kappa shape index (κ1) is 14.0. The van der Waals surface area contributed by atoms with Crippen molar-refractivity contribution < 1.29 is 19.8 Å². The summed E-state index contributed by atoms with van der Waals surface area (Å²) in [5.41, 5.74) is 0. The number of aliphatic hydroxyl groups excluding tert-OH is 1. The lowest BCUT2D eigenvalue weighted by molar-refractivity contribution is -0.140. The van der Waals surface area contributed by atoms with E-state index in [4.69, 9.17) is 10.2 Å². The van der Waals surface area contributed by atoms with Crippen LogP contribution in [-0.2, 0) is 9.59 Å². The highest BCUT2D eigenvalue weighted by atomic mass is 32.2. The molecule has 0 unspecified atom stereocenters. The zero-order chi connectivity index (χ0) is 11.8. The number of carboxylic acid groups (broad SMARTS) is 1. The maximum Gasteiger partial charge on any atom is 0.327 e. The van der Waals surface area contributed by atoms with Crippen molar-refractivity contribution in [1.29, 1.82) is 0 Å². The second-order valence-corrected chi connectivity index (χ2v) is 4.01. The van der Waals surface area contributed by atoms with Gasteiger partial charge in [-0.15, -0.1) is 6.58 Å². The molecule has 0 fully saturated rings. The van der Waals surface area contributed by atoms with Crippen molar-refractivity contribution >= 4 is 23.6 Å². The number of carboxylic acids is 1. The van der Waals surface area contributed by atoms with Crippen LogP contribution in [0, 0.1) is 0 Å². The Hall–Kier alpha value is -1.01. The number of carbonyl (C=O) groups excluding carboxylic acids is 1. The summed E-state index contributed by atoms with van der Waals surface area (Å²) in [4.78, 5) is 21.3. The largest absolute Gasteiger partial charge is 0.480 e. The summed E-state index contributed by atoms with van der Waals surface area (Å²) in [5.74, 6) is -0.870. The average molecular weight is 233 g/mol. The second kappa shape index (κ2) is 7.30. The van der Waals surface area contributed by atoms with Gasteiger partial charge in [-0.2, -0.15) is 11.8 Å². The Morgan fingerprint density at radius 1 is 1.53 bits per heavy atom. The van der Waals surface area contributed by atoms with Gasteiger partial charge in [0.05, 0.1) is 6.10 Å². The van der Waals surface area contributed by atoms with Crippen molar-refractivity contribution in [2.75, 3.05) is 11.5 Å². The molecule has 6 heteroatoms. The number of thioether (sulfide) groups is 1. The molecule has 0 radical (unpaired) electrons. The number of amides is 1. The molecule has 0 rings (SSSR count). The van der Waals surface area contributed by atoms with Gasteiger partial charge in [-0.3, -0.25) is 4.79 Å². The van der Waals surface area contributed by atoms with Crippen molar-refractivity contribution in [2.45, 2.75) is 19.1 Å². The minimum absolute atomic E-state index is 0.222. The van der Waals surface area contributed by atoms with E-state index in [1.54, 1.807) is 0 Å². The van der Waals surface area contributed by atoms with Crippen molar-refractivity contribution in [1.82, 2.24) is 5.32 Å². The quantitative estimate of drug-likeness (QED) is 0.533. The molecule has 2 atom stereocenters. The van der Waals surface area contributed by atoms with Crippen LogP contribution >= 0.6 is 11.8 Å². The molecule has 0 saturated heterocycles. The predicted octanol–water partition coefficient (Wildman–Crippen LogP) is -0.144. The Morgan fingerprint density at radius 3 is 2.53 bits per heavy atom. The number of hydrogen-bond acceptors (Lipinski definition) is 4. The zero-order valence-electron chi connectivity index (χ0n) is 8.47. The van der Waals surface area contributed by atoms with Crippen LogP contribution in [-0.4, -0.2) is 45.7 Å². The van der Waals surface area contributed by atoms with E-state index in [-0.39, 0.29) is 11.7 Å². The summed E-state index contributed by atoms with van der Waals surface area (Å²) < 4.78 is 0. The van der Waals surface area contributed by atoms with E-state index in [2.05, 4.69) is 11.9 Å². The van der Waals surface area contributed by atoms with Crippen LogP contribution in [0.25, 0.3) is 0 Å². The highest BCUT2D eigenvalue weighted by molar-refractivity contribution is 7.99. The molecule has 0 aromatic heterocycles. The van der Waals surface area contributed by atoms with Crippen LogP contribution in [0.4, 0.5) is 0 Å². The molecule has 0 aliphatic heterocycles. The molecule has 0 spiro atoms. The highest BCUT2D eigenvalue weighted by Crippen LogP contribution is 2.06. The number of rotatable bonds is 7. The van der Waals surface area contributed by atoms with Gasteiger partial charge < -0.3 is 15.5 Å². The molecule has 1 amide bonds. The first-order chi connectivity index (χ1) is 6.97. The topological polar surface area (TPSA) is 86.6 Å². The van der Waals surface area contributed by atoms with Gasteiger partial charge in [0.15, 0.2) is 0 Å². The number of nitrogens with one attached hydrogen (secondary N) is 1. The van der Waals surface area contributed by atoms with Gasteiger partial charge in [0.1, 0.15) is 6.04 Å². The fourth-order valence-electron chi connectivity index (χ4n) is 0.795. The van der Waals surface area contributed by atoms with E-state index in [9.17, 15) is 9.59 Å². The summed E-state index contributed by atoms with van der Waals surface area (Å²) in [5, 5.41) is 20.2. The number of aliphatic hydroxyl groups is 1. The van der Waals surface area contributed by atoms with Crippen LogP contribution in [0.5, 0.6) is 0 Å². The molecular formula is C9H15NO4S. The summed E-state index contributed by atoms with van der Waals surface area (Å²) in [6.45, 7) is 4.66. The molecule has 86 valence electrons. The zero-order valence-corrected chi connectivity index (χ0v) is 9.29. The van der Waals surface area contributed by atoms with Crippen molar-refractivity contribution in [3.8, 4) is 0 Å². The van der Waals surface area contributed by atoms with Gasteiger partial charge >= 0.3 is 5.97 Å². The molecule has 3 N–H and O–H groups in total. The Morgan fingerprint density at radius 2 is 2.13 bits per heavy atom. The smallest absolute Gasteiger partial charge is 0.327 e. The van der Waals surface area contributed by atoms with Crippen LogP contribution in [0.15, 0.2) is 12.7 Å². The SMILES string of the molecule is C=C[C@H](O)CSC[C@@H](NC(C)=O)C(=O)O. The summed E-state index contributed by atoms with van der Waals surface area (Å²) in [7, 11) is 0. The highest BCUT2D eigenvalue weighted by Gasteiger charge is 2.18. The third-order valence-corrected chi connectivity index (χ3v) is 2.67. The average Bonchev–Trinajstić information content (AvgIpc) is 2.15. The number of carbonyl (C=O) groups is 2. The van der Waals surface area contributed by atoms with Crippen LogP contribution in [0.2, 0.25) is 0 Å². The summed E-state index contributed by atoms with van der Waals surface area (Å²) in [6.07, 6.45) is 0.725.